The summed E-state index contributed by atoms with van der Waals surface area (Å²) in [7, 11) is 0. The number of fused-ring (bicyclic) bond motifs is 2. The molecular formula is C15H13N5O. The molecule has 0 aliphatic carbocycles. The number of hydrogen-bond acceptors (Lipinski definition) is 4. The number of nitrogens with one attached hydrogen (secondary N) is 2. The maximum atomic E-state index is 9.26. The van der Waals surface area contributed by atoms with Crippen molar-refractivity contribution in [1.82, 2.24) is 20.2 Å². The largest absolute Gasteiger partial charge is 0.390 e. The molecule has 0 fully saturated rings. The summed E-state index contributed by atoms with van der Waals surface area (Å²) in [5.41, 5.74) is 10.4. The van der Waals surface area contributed by atoms with Gasteiger partial charge in [0.15, 0.2) is 5.82 Å². The van der Waals surface area contributed by atoms with Crippen LogP contribution in [-0.2, 0) is 6.61 Å². The molecule has 21 heavy (non-hydrogen) atoms. The summed E-state index contributed by atoms with van der Waals surface area (Å²) in [6, 6.07) is 9.85. The summed E-state index contributed by atoms with van der Waals surface area (Å²) < 4.78 is 0. The highest BCUT2D eigenvalue weighted by molar-refractivity contribution is 5.98. The Labute approximate surface area is 119 Å². The van der Waals surface area contributed by atoms with Crippen LogP contribution in [0.25, 0.3) is 33.1 Å². The Hall–Kier alpha value is -2.86. The van der Waals surface area contributed by atoms with Crippen LogP contribution >= 0.6 is 0 Å². The molecule has 4 aromatic rings. The molecule has 0 saturated heterocycles. The van der Waals surface area contributed by atoms with E-state index in [1.54, 1.807) is 6.20 Å². The van der Waals surface area contributed by atoms with E-state index in [4.69, 9.17) is 5.73 Å². The van der Waals surface area contributed by atoms with Crippen molar-refractivity contribution in [2.75, 3.05) is 5.73 Å². The number of aromatic nitrogens is 4. The molecule has 0 radical (unpaired) electrons. The van der Waals surface area contributed by atoms with E-state index in [1.165, 1.54) is 0 Å². The number of nitrogens with two attached hydrogens (primary N) is 1. The number of hydrogen-bond donors (Lipinski definition) is 4. The first-order valence-corrected chi connectivity index (χ1v) is 6.57. The Balaban J connectivity index is 1.98. The van der Waals surface area contributed by atoms with E-state index < -0.39 is 0 Å². The van der Waals surface area contributed by atoms with E-state index in [9.17, 15) is 5.11 Å². The van der Waals surface area contributed by atoms with Crippen LogP contribution in [0.4, 0.5) is 5.82 Å². The van der Waals surface area contributed by atoms with Crippen LogP contribution in [0, 0.1) is 0 Å². The first kappa shape index (κ1) is 11.9. The Morgan fingerprint density at radius 2 is 2.05 bits per heavy atom. The van der Waals surface area contributed by atoms with Gasteiger partial charge >= 0.3 is 0 Å². The van der Waals surface area contributed by atoms with Gasteiger partial charge in [-0.05, 0) is 35.4 Å². The molecule has 0 aliphatic rings. The van der Waals surface area contributed by atoms with Gasteiger partial charge in [0.05, 0.1) is 12.1 Å². The highest BCUT2D eigenvalue weighted by atomic mass is 16.3. The van der Waals surface area contributed by atoms with Gasteiger partial charge in [0.25, 0.3) is 0 Å². The van der Waals surface area contributed by atoms with Gasteiger partial charge in [-0.1, -0.05) is 6.07 Å². The van der Waals surface area contributed by atoms with Crippen molar-refractivity contribution < 1.29 is 5.11 Å². The van der Waals surface area contributed by atoms with Gasteiger partial charge in [-0.15, -0.1) is 0 Å². The first-order valence-electron chi connectivity index (χ1n) is 6.57. The molecule has 3 aromatic heterocycles. The minimum atomic E-state index is -0.0382. The van der Waals surface area contributed by atoms with Gasteiger partial charge in [-0.25, -0.2) is 4.98 Å². The van der Waals surface area contributed by atoms with Crippen molar-refractivity contribution in [2.24, 2.45) is 0 Å². The fourth-order valence-electron chi connectivity index (χ4n) is 2.62. The van der Waals surface area contributed by atoms with E-state index >= 15 is 0 Å². The van der Waals surface area contributed by atoms with Gasteiger partial charge < -0.3 is 15.8 Å². The average molecular weight is 279 g/mol. The van der Waals surface area contributed by atoms with Crippen LogP contribution in [0.1, 0.15) is 5.69 Å². The number of aliphatic hydroxyl groups excluding tert-OH is 1. The molecule has 4 rings (SSSR count). The van der Waals surface area contributed by atoms with Crippen molar-refractivity contribution >= 4 is 27.8 Å². The third-order valence-corrected chi connectivity index (χ3v) is 3.66. The molecular weight excluding hydrogens is 266 g/mol. The van der Waals surface area contributed by atoms with Crippen LogP contribution in [-0.4, -0.2) is 25.3 Å². The molecule has 0 unspecified atom stereocenters. The Morgan fingerprint density at radius 3 is 2.90 bits per heavy atom. The second-order valence-electron chi connectivity index (χ2n) is 4.94. The van der Waals surface area contributed by atoms with Crippen molar-refractivity contribution in [2.45, 2.75) is 6.61 Å². The number of H-pyrrole nitrogens is 2. The van der Waals surface area contributed by atoms with E-state index in [0.717, 1.165) is 38.8 Å². The lowest BCUT2D eigenvalue weighted by atomic mass is 10.0. The third kappa shape index (κ3) is 1.77. The third-order valence-electron chi connectivity index (χ3n) is 3.66. The fraction of sp³-hybridized carbons (Fsp3) is 0.0667. The molecule has 0 bridgehead atoms. The topological polar surface area (TPSA) is 104 Å². The second-order valence-corrected chi connectivity index (χ2v) is 4.94. The molecule has 0 atom stereocenters. The van der Waals surface area contributed by atoms with Gasteiger partial charge in [0.1, 0.15) is 5.65 Å². The molecule has 3 heterocycles. The van der Waals surface area contributed by atoms with E-state index in [-0.39, 0.29) is 6.61 Å². The summed E-state index contributed by atoms with van der Waals surface area (Å²) >= 11 is 0. The lowest BCUT2D eigenvalue weighted by Gasteiger charge is -2.03. The lowest BCUT2D eigenvalue weighted by Crippen LogP contribution is -1.85. The summed E-state index contributed by atoms with van der Waals surface area (Å²) in [5, 5.41) is 18.0. The standard InChI is InChI=1S/C15H13N5O/c16-14-12-5-8(1-2-13(12)19-20-14)10-3-4-17-15-11(10)6-9(7-21)18-15/h1-6,21H,7H2,(H,17,18)(H3,16,19,20). The number of aliphatic hydroxyl groups is 1. The molecule has 0 aliphatic heterocycles. The van der Waals surface area contributed by atoms with Gasteiger partial charge in [0.2, 0.25) is 0 Å². The zero-order chi connectivity index (χ0) is 14.4. The Kier molecular flexibility index (Phi) is 2.45. The molecule has 104 valence electrons. The zero-order valence-electron chi connectivity index (χ0n) is 11.1. The molecule has 0 amide bonds. The first-order chi connectivity index (χ1) is 10.3. The minimum absolute atomic E-state index is 0.0382. The quantitative estimate of drug-likeness (QED) is 0.451. The molecule has 1 aromatic carbocycles. The lowest BCUT2D eigenvalue weighted by molar-refractivity contribution is 0.278. The van der Waals surface area contributed by atoms with Crippen molar-refractivity contribution in [1.29, 1.82) is 0 Å². The van der Waals surface area contributed by atoms with E-state index in [1.807, 2.05) is 30.3 Å². The number of nitrogen functional groups attached to an aromatic ring is 1. The summed E-state index contributed by atoms with van der Waals surface area (Å²) in [6.07, 6.45) is 1.75. The molecule has 5 N–H and O–H groups in total. The van der Waals surface area contributed by atoms with E-state index in [0.29, 0.717) is 5.82 Å². The summed E-state index contributed by atoms with van der Waals surface area (Å²) in [4.78, 5) is 7.39. The monoisotopic (exact) mass is 279 g/mol. The second kappa shape index (κ2) is 4.32. The molecule has 6 nitrogen and oxygen atoms in total. The maximum absolute atomic E-state index is 9.26. The maximum Gasteiger partial charge on any atom is 0.153 e. The molecule has 0 spiro atoms. The number of anilines is 1. The fourth-order valence-corrected chi connectivity index (χ4v) is 2.62. The highest BCUT2D eigenvalue weighted by Crippen LogP contribution is 2.31. The Morgan fingerprint density at radius 1 is 1.14 bits per heavy atom. The van der Waals surface area contributed by atoms with Crippen molar-refractivity contribution in [3.63, 3.8) is 0 Å². The normalized spacial score (nSPS) is 11.5. The molecule has 0 saturated carbocycles. The van der Waals surface area contributed by atoms with Gasteiger partial charge in [-0.2, -0.15) is 5.10 Å². The van der Waals surface area contributed by atoms with Crippen LogP contribution in [0.2, 0.25) is 0 Å². The van der Waals surface area contributed by atoms with Crippen molar-refractivity contribution in [3.05, 3.63) is 42.2 Å². The predicted octanol–water partition coefficient (Wildman–Crippen LogP) is 2.18. The summed E-state index contributed by atoms with van der Waals surface area (Å²) in [6.45, 7) is -0.0382. The number of nitrogens with zero attached hydrogens (tertiary/aromatic N) is 2. The SMILES string of the molecule is Nc1n[nH]c2ccc(-c3ccnc4[nH]c(CO)cc34)cc12. The van der Waals surface area contributed by atoms with Crippen molar-refractivity contribution in [3.8, 4) is 11.1 Å². The van der Waals surface area contributed by atoms with Gasteiger partial charge in [-0.3, -0.25) is 5.10 Å². The summed E-state index contributed by atoms with van der Waals surface area (Å²) in [5.74, 6) is 0.488. The van der Waals surface area contributed by atoms with Crippen LogP contribution in [0.3, 0.4) is 0 Å². The number of rotatable bonds is 2. The number of benzene rings is 1. The van der Waals surface area contributed by atoms with Crippen LogP contribution < -0.4 is 5.73 Å². The minimum Gasteiger partial charge on any atom is -0.390 e. The number of aromatic amines is 2. The smallest absolute Gasteiger partial charge is 0.153 e. The average Bonchev–Trinajstić information content (AvgIpc) is 3.10. The predicted molar refractivity (Wildman–Crippen MR) is 81.5 cm³/mol. The van der Waals surface area contributed by atoms with E-state index in [2.05, 4.69) is 20.2 Å². The molecule has 6 heteroatoms. The van der Waals surface area contributed by atoms with Gasteiger partial charge in [0, 0.05) is 22.7 Å². The van der Waals surface area contributed by atoms with Crippen LogP contribution in [0.15, 0.2) is 36.5 Å². The number of pyridine rings is 1. The van der Waals surface area contributed by atoms with Crippen LogP contribution in [0.5, 0.6) is 0 Å². The zero-order valence-corrected chi connectivity index (χ0v) is 11.1. The highest BCUT2D eigenvalue weighted by Gasteiger charge is 2.10. The Bertz CT molecular complexity index is 953.